The fraction of sp³-hybridized carbons (Fsp3) is 0.273. The summed E-state index contributed by atoms with van der Waals surface area (Å²) in [4.78, 5) is 16.6. The summed E-state index contributed by atoms with van der Waals surface area (Å²) in [5.41, 5.74) is 9.42. The lowest BCUT2D eigenvalue weighted by atomic mass is 9.95. The Morgan fingerprint density at radius 1 is 1.14 bits per heavy atom. The van der Waals surface area contributed by atoms with Gasteiger partial charge < -0.3 is 28.4 Å². The van der Waals surface area contributed by atoms with Crippen LogP contribution in [0.1, 0.15) is 28.8 Å². The number of carbonyl (C=O) groups excluding carboxylic acids is 1. The number of aryl methyl sites for hydroxylation is 2. The summed E-state index contributed by atoms with van der Waals surface area (Å²) in [7, 11) is 2.00. The highest BCUT2D eigenvalue weighted by atomic mass is 35.5. The highest BCUT2D eigenvalue weighted by Gasteiger charge is 2.21. The molecule has 0 saturated carbocycles. The van der Waals surface area contributed by atoms with E-state index >= 15 is 0 Å². The molecule has 28 heavy (non-hydrogen) atoms. The van der Waals surface area contributed by atoms with Gasteiger partial charge in [-0.25, -0.2) is 4.57 Å². The lowest BCUT2D eigenvalue weighted by Crippen LogP contribution is -3.00. The normalized spacial score (nSPS) is 11.1. The number of nitrogens with two attached hydrogens (primary N) is 1. The first-order valence-electron chi connectivity index (χ1n) is 9.42. The molecule has 2 heterocycles. The van der Waals surface area contributed by atoms with E-state index in [0.717, 1.165) is 51.0 Å². The molecule has 2 aromatic carbocycles. The number of pyridine rings is 1. The van der Waals surface area contributed by atoms with Gasteiger partial charge in [0.15, 0.2) is 12.4 Å². The van der Waals surface area contributed by atoms with Crippen LogP contribution in [0.3, 0.4) is 0 Å². The van der Waals surface area contributed by atoms with Gasteiger partial charge in [-0.1, -0.05) is 18.2 Å². The molecule has 0 spiro atoms. The highest BCUT2D eigenvalue weighted by Crippen LogP contribution is 2.36. The fourth-order valence-corrected chi connectivity index (χ4v) is 3.90. The zero-order chi connectivity index (χ0) is 19.0. The molecule has 0 atom stereocenters. The summed E-state index contributed by atoms with van der Waals surface area (Å²) < 4.78 is 2.03. The maximum absolute atomic E-state index is 13.1. The van der Waals surface area contributed by atoms with Crippen LogP contribution in [0.25, 0.3) is 32.6 Å². The first-order valence-corrected chi connectivity index (χ1v) is 9.42. The number of halogens is 1. The molecule has 2 aromatic heterocycles. The van der Waals surface area contributed by atoms with Crippen molar-refractivity contribution in [3.63, 3.8) is 0 Å². The van der Waals surface area contributed by atoms with Crippen LogP contribution in [0.5, 0.6) is 0 Å². The predicted molar refractivity (Wildman–Crippen MR) is 110 cm³/mol. The standard InChI is InChI=1S/C22H24N4O.ClH/c1-14-17-13-26(2)12-9-15(17)20(22(27)24-11-6-5-10-23)21-19(14)16-7-3-4-8-18(16)25-21;/h3-4,7-9,12-13H,5-6,10-11,23H2,1-2H3,(H,24,27);1H. The maximum Gasteiger partial charge on any atom is 0.254 e. The van der Waals surface area contributed by atoms with Crippen molar-refractivity contribution < 1.29 is 21.8 Å². The smallest absolute Gasteiger partial charge is 0.254 e. The molecule has 0 fully saturated rings. The van der Waals surface area contributed by atoms with Gasteiger partial charge in [-0.15, -0.1) is 0 Å². The molecule has 0 saturated heterocycles. The second-order valence-corrected chi connectivity index (χ2v) is 7.11. The number of H-pyrrole nitrogens is 1. The van der Waals surface area contributed by atoms with Crippen molar-refractivity contribution >= 4 is 38.5 Å². The number of benzene rings is 2. The molecule has 0 unspecified atom stereocenters. The van der Waals surface area contributed by atoms with E-state index in [2.05, 4.69) is 35.6 Å². The van der Waals surface area contributed by atoms with Crippen molar-refractivity contribution in [1.82, 2.24) is 10.3 Å². The number of nitrogens with zero attached hydrogens (tertiary/aromatic N) is 1. The molecule has 4 N–H and O–H groups in total. The molecular weight excluding hydrogens is 372 g/mol. The van der Waals surface area contributed by atoms with Gasteiger partial charge in [0.1, 0.15) is 7.05 Å². The Labute approximate surface area is 170 Å². The number of amides is 1. The van der Waals surface area contributed by atoms with Gasteiger partial charge in [0.2, 0.25) is 0 Å². The van der Waals surface area contributed by atoms with E-state index in [1.165, 1.54) is 5.56 Å². The van der Waals surface area contributed by atoms with Crippen LogP contribution >= 0.6 is 0 Å². The van der Waals surface area contributed by atoms with Gasteiger partial charge in [0, 0.05) is 34.3 Å². The minimum atomic E-state index is -0.0394. The Hall–Kier alpha value is -2.63. The van der Waals surface area contributed by atoms with Crippen LogP contribution in [0, 0.1) is 6.92 Å². The summed E-state index contributed by atoms with van der Waals surface area (Å²) in [5.74, 6) is -0.0394. The fourth-order valence-electron chi connectivity index (χ4n) is 3.90. The number of hydrogen-bond acceptors (Lipinski definition) is 2. The molecule has 0 radical (unpaired) electrons. The van der Waals surface area contributed by atoms with Crippen molar-refractivity contribution in [2.24, 2.45) is 12.8 Å². The minimum Gasteiger partial charge on any atom is -1.00 e. The van der Waals surface area contributed by atoms with Crippen molar-refractivity contribution in [3.05, 3.63) is 53.9 Å². The molecule has 6 heteroatoms. The quantitative estimate of drug-likeness (QED) is 0.330. The van der Waals surface area contributed by atoms with Gasteiger partial charge in [0.25, 0.3) is 5.91 Å². The third-order valence-electron chi connectivity index (χ3n) is 5.25. The number of carbonyl (C=O) groups is 1. The summed E-state index contributed by atoms with van der Waals surface area (Å²) in [6.45, 7) is 3.41. The molecular formula is C22H25ClN4O. The van der Waals surface area contributed by atoms with Gasteiger partial charge in [-0.2, -0.15) is 0 Å². The Morgan fingerprint density at radius 3 is 2.71 bits per heavy atom. The molecule has 4 rings (SSSR count). The predicted octanol–water partition coefficient (Wildman–Crippen LogP) is 0.0799. The van der Waals surface area contributed by atoms with Gasteiger partial charge in [-0.05, 0) is 37.9 Å². The van der Waals surface area contributed by atoms with Crippen LogP contribution in [-0.4, -0.2) is 24.0 Å². The Bertz CT molecular complexity index is 1170. The third-order valence-corrected chi connectivity index (χ3v) is 5.25. The van der Waals surface area contributed by atoms with Crippen molar-refractivity contribution in [2.75, 3.05) is 13.1 Å². The van der Waals surface area contributed by atoms with Crippen LogP contribution in [0.2, 0.25) is 0 Å². The highest BCUT2D eigenvalue weighted by molar-refractivity contribution is 6.24. The largest absolute Gasteiger partial charge is 1.00 e. The van der Waals surface area contributed by atoms with E-state index in [0.29, 0.717) is 13.1 Å². The molecule has 4 aromatic rings. The molecule has 5 nitrogen and oxygen atoms in total. The molecule has 146 valence electrons. The topological polar surface area (TPSA) is 74.8 Å². The molecule has 0 bridgehead atoms. The second kappa shape index (κ2) is 8.17. The first kappa shape index (κ1) is 20.1. The van der Waals surface area contributed by atoms with Crippen LogP contribution < -0.4 is 28.0 Å². The number of aromatic amines is 1. The number of rotatable bonds is 5. The number of para-hydroxylation sites is 1. The maximum atomic E-state index is 13.1. The van der Waals surface area contributed by atoms with E-state index in [4.69, 9.17) is 5.73 Å². The van der Waals surface area contributed by atoms with Crippen LogP contribution in [0.4, 0.5) is 0 Å². The SMILES string of the molecule is Cc1c2c[n+](C)ccc2c(C(=O)NCCCCN)c2[nH]c3ccccc3c12.[Cl-]. The van der Waals surface area contributed by atoms with Crippen LogP contribution in [0.15, 0.2) is 42.7 Å². The van der Waals surface area contributed by atoms with E-state index < -0.39 is 0 Å². The average molecular weight is 397 g/mol. The molecule has 0 aliphatic heterocycles. The summed E-state index contributed by atoms with van der Waals surface area (Å²) in [6, 6.07) is 10.2. The number of nitrogens with one attached hydrogen (secondary N) is 2. The van der Waals surface area contributed by atoms with Crippen molar-refractivity contribution in [1.29, 1.82) is 0 Å². The molecule has 0 aliphatic rings. The third kappa shape index (κ3) is 3.32. The monoisotopic (exact) mass is 396 g/mol. The Balaban J connectivity index is 0.00000225. The Morgan fingerprint density at radius 2 is 1.93 bits per heavy atom. The zero-order valence-electron chi connectivity index (χ0n) is 16.2. The van der Waals surface area contributed by atoms with Gasteiger partial charge in [-0.3, -0.25) is 4.79 Å². The number of fused-ring (bicyclic) bond motifs is 4. The number of hydrogen-bond donors (Lipinski definition) is 3. The zero-order valence-corrected chi connectivity index (χ0v) is 16.9. The van der Waals surface area contributed by atoms with E-state index in [9.17, 15) is 4.79 Å². The number of unbranched alkanes of at least 4 members (excludes halogenated alkanes) is 1. The molecule has 1 amide bonds. The van der Waals surface area contributed by atoms with Gasteiger partial charge in [0.05, 0.1) is 16.5 Å². The second-order valence-electron chi connectivity index (χ2n) is 7.11. The summed E-state index contributed by atoms with van der Waals surface area (Å²) >= 11 is 0. The lowest BCUT2D eigenvalue weighted by Gasteiger charge is -2.11. The average Bonchev–Trinajstić information content (AvgIpc) is 3.05. The molecule has 0 aliphatic carbocycles. The van der Waals surface area contributed by atoms with Crippen molar-refractivity contribution in [2.45, 2.75) is 19.8 Å². The van der Waals surface area contributed by atoms with Crippen molar-refractivity contribution in [3.8, 4) is 0 Å². The van der Waals surface area contributed by atoms with Gasteiger partial charge >= 0.3 is 0 Å². The minimum absolute atomic E-state index is 0. The lowest BCUT2D eigenvalue weighted by molar-refractivity contribution is -0.670. The Kier molecular flexibility index (Phi) is 5.87. The summed E-state index contributed by atoms with van der Waals surface area (Å²) in [6.07, 6.45) is 5.88. The van der Waals surface area contributed by atoms with E-state index in [-0.39, 0.29) is 18.3 Å². The first-order chi connectivity index (χ1) is 13.1. The summed E-state index contributed by atoms with van der Waals surface area (Å²) in [5, 5.41) is 7.42. The van der Waals surface area contributed by atoms with Crippen LogP contribution in [-0.2, 0) is 7.05 Å². The number of aromatic nitrogens is 2. The van der Waals surface area contributed by atoms with E-state index in [1.54, 1.807) is 0 Å². The van der Waals surface area contributed by atoms with E-state index in [1.807, 2.05) is 36.0 Å².